The van der Waals surface area contributed by atoms with Gasteiger partial charge in [-0.2, -0.15) is 0 Å². The maximum atomic E-state index is 13.2. The van der Waals surface area contributed by atoms with E-state index >= 15 is 0 Å². The smallest absolute Gasteiger partial charge is 0.275 e. The van der Waals surface area contributed by atoms with Crippen LogP contribution in [0.3, 0.4) is 0 Å². The Bertz CT molecular complexity index is 1200. The summed E-state index contributed by atoms with van der Waals surface area (Å²) >= 11 is 1.34. The molecule has 2 bridgehead atoms. The molecule has 174 valence electrons. The summed E-state index contributed by atoms with van der Waals surface area (Å²) in [7, 11) is 2.23. The maximum Gasteiger partial charge on any atom is 0.275 e. The minimum absolute atomic E-state index is 0.118. The highest BCUT2D eigenvalue weighted by Gasteiger charge is 2.39. The molecule has 3 fully saturated rings. The summed E-state index contributed by atoms with van der Waals surface area (Å²) in [5.74, 6) is 0.843. The topological polar surface area (TPSA) is 76.8 Å². The zero-order valence-corrected chi connectivity index (χ0v) is 19.6. The van der Waals surface area contributed by atoms with Gasteiger partial charge in [0, 0.05) is 43.0 Å². The lowest BCUT2D eigenvalue weighted by atomic mass is 9.93. The van der Waals surface area contributed by atoms with Crippen LogP contribution >= 0.6 is 11.3 Å². The van der Waals surface area contributed by atoms with E-state index in [2.05, 4.69) is 16.9 Å². The van der Waals surface area contributed by atoms with E-state index in [0.717, 1.165) is 29.2 Å². The van der Waals surface area contributed by atoms with E-state index in [-0.39, 0.29) is 11.7 Å². The zero-order chi connectivity index (χ0) is 22.6. The van der Waals surface area contributed by atoms with Gasteiger partial charge in [-0.05, 0) is 63.1 Å². The summed E-state index contributed by atoms with van der Waals surface area (Å²) in [6.45, 7) is 1.05. The van der Waals surface area contributed by atoms with E-state index in [1.165, 1.54) is 24.2 Å². The van der Waals surface area contributed by atoms with E-state index in [0.29, 0.717) is 48.4 Å². The van der Waals surface area contributed by atoms with Gasteiger partial charge < -0.3 is 19.5 Å². The van der Waals surface area contributed by atoms with E-state index < -0.39 is 5.60 Å². The first-order valence-electron chi connectivity index (χ1n) is 11.8. The summed E-state index contributed by atoms with van der Waals surface area (Å²) in [5, 5.41) is 11.0. The van der Waals surface area contributed by atoms with Crippen LogP contribution in [-0.2, 0) is 10.3 Å². The number of fused-ring (bicyclic) bond motifs is 3. The van der Waals surface area contributed by atoms with Crippen LogP contribution in [-0.4, -0.2) is 58.0 Å². The quantitative estimate of drug-likeness (QED) is 0.633. The molecule has 3 saturated heterocycles. The molecule has 3 aromatic rings. The van der Waals surface area contributed by atoms with Gasteiger partial charge >= 0.3 is 0 Å². The number of aliphatic hydroxyl groups is 1. The number of hydrogen-bond acceptors (Lipinski definition) is 7. The lowest BCUT2D eigenvalue weighted by Gasteiger charge is -2.36. The first-order valence-corrected chi connectivity index (χ1v) is 12.6. The summed E-state index contributed by atoms with van der Waals surface area (Å²) in [6.07, 6.45) is 7.59. The van der Waals surface area contributed by atoms with Crippen LogP contribution in [0.5, 0.6) is 5.75 Å². The van der Waals surface area contributed by atoms with Crippen molar-refractivity contribution in [2.24, 2.45) is 0 Å². The number of benzene rings is 1. The Morgan fingerprint density at radius 2 is 1.85 bits per heavy atom. The minimum Gasteiger partial charge on any atom is -0.490 e. The highest BCUT2D eigenvalue weighted by Crippen LogP contribution is 2.38. The van der Waals surface area contributed by atoms with Gasteiger partial charge in [0.05, 0.1) is 11.2 Å². The Hall–Kier alpha value is -2.26. The number of rotatable bonds is 4. The van der Waals surface area contributed by atoms with Gasteiger partial charge in [0.1, 0.15) is 28.5 Å². The van der Waals surface area contributed by atoms with Crippen LogP contribution in [0.25, 0.3) is 15.9 Å². The second-order valence-corrected chi connectivity index (χ2v) is 10.7. The number of piperidine rings is 1. The van der Waals surface area contributed by atoms with Crippen molar-refractivity contribution in [2.45, 2.75) is 62.3 Å². The molecule has 0 amide bonds. The largest absolute Gasteiger partial charge is 0.490 e. The van der Waals surface area contributed by atoms with Crippen molar-refractivity contribution >= 4 is 21.6 Å². The highest BCUT2D eigenvalue weighted by molar-refractivity contribution is 7.19. The number of aromatic nitrogens is 2. The standard InChI is InChI=1S/C25H29N3O4S/c1-27-17-2-3-18(27)13-20(12-17)32-19-6-4-16(5-7-19)28-15-26-21-14-22(33-23(21)24(28)29)25(30)8-10-31-11-9-25/h4-7,14-15,17-18,20,30H,2-3,8-13H2,1H3/t17-,18+,20-. The molecule has 3 atom stereocenters. The predicted octanol–water partition coefficient (Wildman–Crippen LogP) is 3.45. The minimum atomic E-state index is -0.937. The molecule has 1 N–H and O–H groups in total. The summed E-state index contributed by atoms with van der Waals surface area (Å²) in [6, 6.07) is 10.8. The molecule has 3 aliphatic rings. The lowest BCUT2D eigenvalue weighted by Crippen LogP contribution is -2.43. The third-order valence-corrected chi connectivity index (χ3v) is 8.99. The molecule has 33 heavy (non-hydrogen) atoms. The van der Waals surface area contributed by atoms with E-state index in [4.69, 9.17) is 9.47 Å². The van der Waals surface area contributed by atoms with Crippen LogP contribution in [0.2, 0.25) is 0 Å². The Labute approximate surface area is 196 Å². The average molecular weight is 468 g/mol. The Morgan fingerprint density at radius 3 is 2.55 bits per heavy atom. The van der Waals surface area contributed by atoms with Gasteiger partial charge in [0.25, 0.3) is 5.56 Å². The number of hydrogen-bond donors (Lipinski definition) is 1. The third-order valence-electron chi connectivity index (χ3n) is 7.69. The molecular formula is C25H29N3O4S. The van der Waals surface area contributed by atoms with Crippen molar-refractivity contribution in [1.29, 1.82) is 0 Å². The Balaban J connectivity index is 1.23. The molecule has 1 aromatic carbocycles. The normalized spacial score (nSPS) is 27.2. The molecule has 7 nitrogen and oxygen atoms in total. The Morgan fingerprint density at radius 1 is 1.15 bits per heavy atom. The maximum absolute atomic E-state index is 13.2. The SMILES string of the molecule is CN1[C@@H]2CC[C@H]1C[C@H](Oc1ccc(-n3cnc4cc(C5(O)CCOCC5)sc4c3=O)cc1)C2. The van der Waals surface area contributed by atoms with E-state index in [1.54, 1.807) is 10.9 Å². The highest BCUT2D eigenvalue weighted by atomic mass is 32.1. The van der Waals surface area contributed by atoms with Crippen LogP contribution in [0.15, 0.2) is 41.5 Å². The number of thiophene rings is 1. The van der Waals surface area contributed by atoms with Gasteiger partial charge in [0.2, 0.25) is 0 Å². The fraction of sp³-hybridized carbons (Fsp3) is 0.520. The number of ether oxygens (including phenoxy) is 2. The molecule has 8 heteroatoms. The third kappa shape index (κ3) is 3.79. The van der Waals surface area contributed by atoms with Crippen molar-refractivity contribution in [3.8, 4) is 11.4 Å². The first-order chi connectivity index (χ1) is 16.0. The van der Waals surface area contributed by atoms with Gasteiger partial charge in [-0.15, -0.1) is 11.3 Å². The molecule has 0 aliphatic carbocycles. The lowest BCUT2D eigenvalue weighted by molar-refractivity contribution is -0.0655. The van der Waals surface area contributed by atoms with Crippen molar-refractivity contribution in [3.05, 3.63) is 51.9 Å². The molecule has 3 aliphatic heterocycles. The average Bonchev–Trinajstić information content (AvgIpc) is 3.34. The molecule has 0 radical (unpaired) electrons. The molecule has 6 rings (SSSR count). The molecule has 5 heterocycles. The van der Waals surface area contributed by atoms with Crippen LogP contribution in [0.4, 0.5) is 0 Å². The molecule has 0 unspecified atom stereocenters. The first kappa shape index (κ1) is 21.3. The van der Waals surface area contributed by atoms with Gasteiger partial charge in [0.15, 0.2) is 0 Å². The molecule has 0 spiro atoms. The van der Waals surface area contributed by atoms with Crippen LogP contribution in [0, 0.1) is 0 Å². The van der Waals surface area contributed by atoms with Crippen LogP contribution < -0.4 is 10.3 Å². The second-order valence-electron chi connectivity index (χ2n) is 9.64. The van der Waals surface area contributed by atoms with E-state index in [1.807, 2.05) is 30.3 Å². The monoisotopic (exact) mass is 467 g/mol. The van der Waals surface area contributed by atoms with Crippen molar-refractivity contribution in [2.75, 3.05) is 20.3 Å². The fourth-order valence-corrected chi connectivity index (χ4v) is 6.80. The van der Waals surface area contributed by atoms with Crippen molar-refractivity contribution in [3.63, 3.8) is 0 Å². The summed E-state index contributed by atoms with van der Waals surface area (Å²) in [4.78, 5) is 21.0. The van der Waals surface area contributed by atoms with Crippen molar-refractivity contribution < 1.29 is 14.6 Å². The van der Waals surface area contributed by atoms with E-state index in [9.17, 15) is 9.90 Å². The zero-order valence-electron chi connectivity index (χ0n) is 18.8. The van der Waals surface area contributed by atoms with Crippen molar-refractivity contribution in [1.82, 2.24) is 14.5 Å². The molecule has 0 saturated carbocycles. The summed E-state index contributed by atoms with van der Waals surface area (Å²) in [5.41, 5.74) is 0.332. The second kappa shape index (κ2) is 8.20. The molecule has 2 aromatic heterocycles. The predicted molar refractivity (Wildman–Crippen MR) is 127 cm³/mol. The fourth-order valence-electron chi connectivity index (χ4n) is 5.62. The van der Waals surface area contributed by atoms with Gasteiger partial charge in [-0.1, -0.05) is 0 Å². The summed E-state index contributed by atoms with van der Waals surface area (Å²) < 4.78 is 13.8. The Kier molecular flexibility index (Phi) is 5.29. The molecular weight excluding hydrogens is 438 g/mol. The van der Waals surface area contributed by atoms with Gasteiger partial charge in [-0.3, -0.25) is 9.36 Å². The van der Waals surface area contributed by atoms with Gasteiger partial charge in [-0.25, -0.2) is 4.98 Å². The van der Waals surface area contributed by atoms with Crippen LogP contribution in [0.1, 0.15) is 43.4 Å². The number of nitrogens with zero attached hydrogens (tertiary/aromatic N) is 3.